The van der Waals surface area contributed by atoms with E-state index < -0.39 is 5.75 Å². The average molecular weight is 689 g/mol. The second-order valence-corrected chi connectivity index (χ2v) is 12.9. The van der Waals surface area contributed by atoms with Gasteiger partial charge in [-0.25, -0.2) is 0 Å². The lowest BCUT2D eigenvalue weighted by molar-refractivity contribution is 0.399. The zero-order valence-electron chi connectivity index (χ0n) is 28.9. The minimum atomic E-state index is -0.453. The summed E-state index contributed by atoms with van der Waals surface area (Å²) in [5.41, 5.74) is 8.58. The molecule has 5 nitrogen and oxygen atoms in total. The fraction of sp³-hybridized carbons (Fsp3) is 0. The zero-order chi connectivity index (χ0) is 36.5. The quantitative estimate of drug-likeness (QED) is 0.124. The molecule has 5 heteroatoms. The second-order valence-electron chi connectivity index (χ2n) is 12.9. The minimum absolute atomic E-state index is 0.0732. The van der Waals surface area contributed by atoms with E-state index in [0.29, 0.717) is 27.6 Å². The van der Waals surface area contributed by atoms with Crippen LogP contribution in [0.4, 0.5) is 5.69 Å². The van der Waals surface area contributed by atoms with Gasteiger partial charge in [0.1, 0.15) is 11.3 Å². The second kappa shape index (κ2) is 13.8. The molecular formula is C48H36N2O3. The molecule has 0 radical (unpaired) electrons. The largest absolute Gasteiger partial charge is 0.506 e. The van der Waals surface area contributed by atoms with Gasteiger partial charge in [-0.15, -0.1) is 0 Å². The van der Waals surface area contributed by atoms with E-state index >= 15 is 0 Å². The van der Waals surface area contributed by atoms with Crippen molar-refractivity contribution >= 4 is 33.1 Å². The molecule has 0 amide bonds. The lowest BCUT2D eigenvalue weighted by Crippen LogP contribution is -2.06. The lowest BCUT2D eigenvalue weighted by Gasteiger charge is -2.18. The van der Waals surface area contributed by atoms with Crippen molar-refractivity contribution in [1.82, 2.24) is 4.57 Å². The first-order chi connectivity index (χ1) is 25.9. The van der Waals surface area contributed by atoms with Crippen LogP contribution in [0, 0.1) is 0 Å². The van der Waals surface area contributed by atoms with Crippen molar-refractivity contribution in [3.05, 3.63) is 206 Å². The summed E-state index contributed by atoms with van der Waals surface area (Å²) in [6.45, 7) is 8.44. The summed E-state index contributed by atoms with van der Waals surface area (Å²) in [6, 6.07) is 44.0. The summed E-state index contributed by atoms with van der Waals surface area (Å²) >= 11 is 0. The third-order valence-electron chi connectivity index (χ3n) is 9.62. The van der Waals surface area contributed by atoms with E-state index in [1.165, 1.54) is 0 Å². The minimum Gasteiger partial charge on any atom is -0.506 e. The Bertz CT molecular complexity index is 2650. The number of aromatic nitrogens is 1. The van der Waals surface area contributed by atoms with Crippen molar-refractivity contribution < 1.29 is 15.3 Å². The molecule has 3 N–H and O–H groups in total. The fourth-order valence-corrected chi connectivity index (χ4v) is 6.97. The van der Waals surface area contributed by atoms with Gasteiger partial charge in [-0.1, -0.05) is 135 Å². The number of phenols is 3. The van der Waals surface area contributed by atoms with Crippen molar-refractivity contribution in [3.8, 4) is 45.2 Å². The van der Waals surface area contributed by atoms with Gasteiger partial charge in [0.05, 0.1) is 16.5 Å². The van der Waals surface area contributed by atoms with E-state index in [1.54, 1.807) is 12.2 Å². The third-order valence-corrected chi connectivity index (χ3v) is 9.62. The molecule has 1 aromatic heterocycles. The van der Waals surface area contributed by atoms with E-state index in [0.717, 1.165) is 44.5 Å². The highest BCUT2D eigenvalue weighted by atomic mass is 16.3. The maximum Gasteiger partial charge on any atom is 0.183 e. The molecule has 0 unspecified atom stereocenters. The highest BCUT2D eigenvalue weighted by Crippen LogP contribution is 2.52. The normalized spacial score (nSPS) is 16.2. The van der Waals surface area contributed by atoms with Crippen LogP contribution in [0.5, 0.6) is 17.2 Å². The van der Waals surface area contributed by atoms with Crippen LogP contribution in [0.25, 0.3) is 55.3 Å². The van der Waals surface area contributed by atoms with E-state index in [-0.39, 0.29) is 17.1 Å². The number of aromatic hydroxyl groups is 3. The van der Waals surface area contributed by atoms with E-state index in [4.69, 9.17) is 0 Å². The molecule has 2 heterocycles. The maximum atomic E-state index is 12.4. The first-order valence-electron chi connectivity index (χ1n) is 17.3. The van der Waals surface area contributed by atoms with Gasteiger partial charge in [-0.05, 0) is 75.9 Å². The van der Waals surface area contributed by atoms with E-state index in [9.17, 15) is 15.3 Å². The number of nitrogens with zero attached hydrogens (tertiary/aromatic N) is 2. The van der Waals surface area contributed by atoms with Gasteiger partial charge in [0.2, 0.25) is 0 Å². The van der Waals surface area contributed by atoms with Crippen molar-refractivity contribution in [2.45, 2.75) is 0 Å². The molecule has 7 aromatic rings. The van der Waals surface area contributed by atoms with Crippen LogP contribution in [0.15, 0.2) is 201 Å². The molecule has 0 atom stereocenters. The summed E-state index contributed by atoms with van der Waals surface area (Å²) < 4.78 is 1.91. The summed E-state index contributed by atoms with van der Waals surface area (Å²) in [7, 11) is 0. The Kier molecular flexibility index (Phi) is 8.59. The first kappa shape index (κ1) is 32.9. The van der Waals surface area contributed by atoms with E-state index in [2.05, 4.69) is 37.4 Å². The monoisotopic (exact) mass is 688 g/mol. The Hall–Kier alpha value is -7.24. The van der Waals surface area contributed by atoms with Crippen LogP contribution < -0.4 is 4.90 Å². The van der Waals surface area contributed by atoms with Gasteiger partial charge in [0.25, 0.3) is 0 Å². The third kappa shape index (κ3) is 6.00. The summed E-state index contributed by atoms with van der Waals surface area (Å²) in [5.74, 6) is -0.979. The Labute approximate surface area is 308 Å². The number of allylic oxidation sites excluding steroid dienone is 8. The fourth-order valence-electron chi connectivity index (χ4n) is 6.97. The van der Waals surface area contributed by atoms with Crippen LogP contribution in [-0.2, 0) is 0 Å². The number of benzene rings is 6. The average Bonchev–Trinajstić information content (AvgIpc) is 3.55. The molecule has 53 heavy (non-hydrogen) atoms. The van der Waals surface area contributed by atoms with E-state index in [1.807, 2.05) is 149 Å². The molecule has 1 aliphatic rings. The summed E-state index contributed by atoms with van der Waals surface area (Å²) in [4.78, 5) is 1.95. The van der Waals surface area contributed by atoms with Crippen LogP contribution in [0.3, 0.4) is 0 Å². The van der Waals surface area contributed by atoms with Gasteiger partial charge >= 0.3 is 0 Å². The van der Waals surface area contributed by atoms with Crippen molar-refractivity contribution in [3.63, 3.8) is 0 Å². The molecule has 0 aliphatic carbocycles. The van der Waals surface area contributed by atoms with Crippen molar-refractivity contribution in [1.29, 1.82) is 0 Å². The summed E-state index contributed by atoms with van der Waals surface area (Å²) in [6.07, 6.45) is 13.0. The Morgan fingerprint density at radius 3 is 1.81 bits per heavy atom. The maximum absolute atomic E-state index is 12.4. The van der Waals surface area contributed by atoms with Crippen molar-refractivity contribution in [2.24, 2.45) is 0 Å². The molecule has 0 saturated carbocycles. The standard InChI is InChI=1S/C48H36N2O3/c1-32-15-12-13-29-49(38-26-24-35(25-27-38)34-16-6-3-7-17-34)30-28-37(31-33(32)2)42-46(51)43-41-23-14-22-40(36-18-8-4-9-19-36)44(41)50(39-20-10-5-11-21-39)45(43)48(53)47(42)52/h3-31,51-53H,1-2H2/b15-12-,29-13-,30-28-,37-31+. The van der Waals surface area contributed by atoms with Gasteiger partial charge in [0, 0.05) is 34.7 Å². The number of para-hydroxylation sites is 2. The number of fused-ring (bicyclic) bond motifs is 3. The van der Waals surface area contributed by atoms with Gasteiger partial charge < -0.3 is 24.8 Å². The number of anilines is 1. The lowest BCUT2D eigenvalue weighted by atomic mass is 9.95. The molecule has 256 valence electrons. The van der Waals surface area contributed by atoms with Gasteiger partial charge in [0.15, 0.2) is 11.5 Å². The number of phenolic OH excluding ortho intramolecular Hbond substituents is 3. The number of hydrogen-bond acceptors (Lipinski definition) is 4. The van der Waals surface area contributed by atoms with Gasteiger partial charge in [-0.2, -0.15) is 0 Å². The predicted octanol–water partition coefficient (Wildman–Crippen LogP) is 11.8. The summed E-state index contributed by atoms with van der Waals surface area (Å²) in [5, 5.41) is 37.5. The molecule has 1 aliphatic heterocycles. The molecule has 0 bridgehead atoms. The van der Waals surface area contributed by atoms with Crippen LogP contribution in [0.2, 0.25) is 0 Å². The first-order valence-corrected chi connectivity index (χ1v) is 17.3. The van der Waals surface area contributed by atoms with Gasteiger partial charge in [-0.3, -0.25) is 0 Å². The Balaban J connectivity index is 1.35. The number of rotatable bonds is 5. The topological polar surface area (TPSA) is 68.9 Å². The highest BCUT2D eigenvalue weighted by Gasteiger charge is 2.28. The number of hydrogen-bond donors (Lipinski definition) is 3. The Morgan fingerprint density at radius 1 is 0.472 bits per heavy atom. The molecule has 0 spiro atoms. The SMILES string of the molecule is C=C1/C=C\C=C/N(c2ccc(-c3ccccc3)cc2)/C=C\C(c2c(O)c(O)c3c(c2O)c2cccc(-c4ccccc4)c2n3-c2ccccc2)=C/C1=C. The van der Waals surface area contributed by atoms with Crippen LogP contribution in [0.1, 0.15) is 5.56 Å². The Morgan fingerprint density at radius 2 is 1.11 bits per heavy atom. The highest BCUT2D eigenvalue weighted by molar-refractivity contribution is 6.19. The molecule has 6 aromatic carbocycles. The van der Waals surface area contributed by atoms with Crippen LogP contribution >= 0.6 is 0 Å². The molecule has 0 fully saturated rings. The molecule has 8 rings (SSSR count). The smallest absolute Gasteiger partial charge is 0.183 e. The van der Waals surface area contributed by atoms with Crippen molar-refractivity contribution in [2.75, 3.05) is 4.90 Å². The predicted molar refractivity (Wildman–Crippen MR) is 219 cm³/mol. The molecule has 0 saturated heterocycles. The zero-order valence-corrected chi connectivity index (χ0v) is 28.9. The molecular weight excluding hydrogens is 653 g/mol. The van der Waals surface area contributed by atoms with Crippen LogP contribution in [-0.4, -0.2) is 19.9 Å².